The molecule has 1 aliphatic heterocycles. The van der Waals surface area contributed by atoms with Crippen molar-refractivity contribution in [2.45, 2.75) is 26.7 Å². The largest absolute Gasteiger partial charge is 0.357 e. The number of thiophene rings is 1. The molecule has 144 valence electrons. The molecule has 2 rings (SSSR count). The average molecular weight is 479 g/mol. The lowest BCUT2D eigenvalue weighted by Gasteiger charge is -2.34. The van der Waals surface area contributed by atoms with Gasteiger partial charge in [-0.15, -0.1) is 24.0 Å². The van der Waals surface area contributed by atoms with Crippen molar-refractivity contribution < 1.29 is 0 Å². The van der Waals surface area contributed by atoms with E-state index in [9.17, 15) is 0 Å². The lowest BCUT2D eigenvalue weighted by atomic mass is 10.1. The molecule has 7 heteroatoms. The summed E-state index contributed by atoms with van der Waals surface area (Å²) in [5, 5.41) is 11.2. The van der Waals surface area contributed by atoms with Crippen LogP contribution in [0.1, 0.15) is 32.3 Å². The highest BCUT2D eigenvalue weighted by Crippen LogP contribution is 2.18. The third-order valence-electron chi connectivity index (χ3n) is 4.61. The maximum Gasteiger partial charge on any atom is 0.191 e. The highest BCUT2D eigenvalue weighted by molar-refractivity contribution is 14.0. The van der Waals surface area contributed by atoms with Crippen molar-refractivity contribution in [1.82, 2.24) is 20.4 Å². The summed E-state index contributed by atoms with van der Waals surface area (Å²) in [4.78, 5) is 9.80. The summed E-state index contributed by atoms with van der Waals surface area (Å²) in [6.07, 6.45) is 0. The SMILES string of the molecule is CCNC(=NCC(C)c1ccsc1)NCCN1CCN(CC)CC1.I. The van der Waals surface area contributed by atoms with E-state index >= 15 is 0 Å². The predicted octanol–water partition coefficient (Wildman–Crippen LogP) is 2.66. The number of hydrogen-bond donors (Lipinski definition) is 2. The van der Waals surface area contributed by atoms with E-state index in [0.29, 0.717) is 5.92 Å². The van der Waals surface area contributed by atoms with Crippen LogP contribution in [0.2, 0.25) is 0 Å². The summed E-state index contributed by atoms with van der Waals surface area (Å²) in [7, 11) is 0. The second-order valence-corrected chi connectivity index (χ2v) is 7.16. The Bertz CT molecular complexity index is 472. The molecule has 0 saturated carbocycles. The lowest BCUT2D eigenvalue weighted by molar-refractivity contribution is 0.139. The molecule has 0 bridgehead atoms. The van der Waals surface area contributed by atoms with Gasteiger partial charge in [0.1, 0.15) is 0 Å². The van der Waals surface area contributed by atoms with Crippen LogP contribution in [-0.2, 0) is 0 Å². The molecule has 1 aromatic rings. The van der Waals surface area contributed by atoms with Crippen molar-refractivity contribution in [1.29, 1.82) is 0 Å². The van der Waals surface area contributed by atoms with Crippen molar-refractivity contribution >= 4 is 41.3 Å². The summed E-state index contributed by atoms with van der Waals surface area (Å²) in [6.45, 7) is 16.3. The Hall–Kier alpha value is -0.380. The highest BCUT2D eigenvalue weighted by atomic mass is 127. The minimum Gasteiger partial charge on any atom is -0.357 e. The van der Waals surface area contributed by atoms with E-state index in [-0.39, 0.29) is 24.0 Å². The third kappa shape index (κ3) is 8.23. The molecule has 1 aliphatic rings. The van der Waals surface area contributed by atoms with Crippen LogP contribution in [0.25, 0.3) is 0 Å². The van der Waals surface area contributed by atoms with E-state index in [1.807, 2.05) is 0 Å². The van der Waals surface area contributed by atoms with Crippen LogP contribution in [-0.4, -0.2) is 74.7 Å². The second kappa shape index (κ2) is 12.9. The third-order valence-corrected chi connectivity index (χ3v) is 5.31. The molecular formula is C18H34IN5S. The fourth-order valence-electron chi connectivity index (χ4n) is 2.89. The van der Waals surface area contributed by atoms with E-state index in [1.54, 1.807) is 11.3 Å². The smallest absolute Gasteiger partial charge is 0.191 e. The van der Waals surface area contributed by atoms with Gasteiger partial charge < -0.3 is 15.5 Å². The van der Waals surface area contributed by atoms with Crippen molar-refractivity contribution in [2.24, 2.45) is 4.99 Å². The number of aliphatic imine (C=N–C) groups is 1. The van der Waals surface area contributed by atoms with Gasteiger partial charge in [0.25, 0.3) is 0 Å². The van der Waals surface area contributed by atoms with Gasteiger partial charge in [-0.1, -0.05) is 13.8 Å². The minimum atomic E-state index is 0. The minimum absolute atomic E-state index is 0. The molecule has 1 atom stereocenters. The second-order valence-electron chi connectivity index (χ2n) is 6.38. The number of guanidine groups is 1. The van der Waals surface area contributed by atoms with Gasteiger partial charge in [-0.05, 0) is 35.9 Å². The number of nitrogens with one attached hydrogen (secondary N) is 2. The van der Waals surface area contributed by atoms with Crippen LogP contribution in [0.15, 0.2) is 21.8 Å². The average Bonchev–Trinajstić information content (AvgIpc) is 3.14. The summed E-state index contributed by atoms with van der Waals surface area (Å²) in [6, 6.07) is 2.20. The van der Waals surface area contributed by atoms with Gasteiger partial charge in [-0.3, -0.25) is 9.89 Å². The molecule has 2 N–H and O–H groups in total. The molecule has 0 aliphatic carbocycles. The molecule has 2 heterocycles. The lowest BCUT2D eigenvalue weighted by Crippen LogP contribution is -2.49. The Balaban J connectivity index is 0.00000312. The first-order valence-corrected chi connectivity index (χ1v) is 10.2. The van der Waals surface area contributed by atoms with Crippen LogP contribution < -0.4 is 10.6 Å². The van der Waals surface area contributed by atoms with Crippen LogP contribution in [0.5, 0.6) is 0 Å². The zero-order valence-electron chi connectivity index (χ0n) is 15.8. The Kier molecular flexibility index (Phi) is 11.7. The van der Waals surface area contributed by atoms with Crippen LogP contribution in [0.4, 0.5) is 0 Å². The molecule has 1 saturated heterocycles. The molecule has 0 amide bonds. The summed E-state index contributed by atoms with van der Waals surface area (Å²) >= 11 is 1.76. The number of halogens is 1. The summed E-state index contributed by atoms with van der Waals surface area (Å²) in [5.74, 6) is 1.40. The van der Waals surface area contributed by atoms with Crippen LogP contribution in [0, 0.1) is 0 Å². The van der Waals surface area contributed by atoms with Crippen molar-refractivity contribution in [3.8, 4) is 0 Å². The summed E-state index contributed by atoms with van der Waals surface area (Å²) < 4.78 is 0. The molecule has 1 aromatic heterocycles. The zero-order chi connectivity index (χ0) is 17.2. The van der Waals surface area contributed by atoms with E-state index in [1.165, 1.54) is 38.3 Å². The molecule has 0 radical (unpaired) electrons. The quantitative estimate of drug-likeness (QED) is 0.342. The van der Waals surface area contributed by atoms with Gasteiger partial charge in [-0.25, -0.2) is 0 Å². The Morgan fingerprint density at radius 2 is 1.92 bits per heavy atom. The van der Waals surface area contributed by atoms with Crippen LogP contribution in [0.3, 0.4) is 0 Å². The molecular weight excluding hydrogens is 445 g/mol. The first kappa shape index (κ1) is 22.7. The monoisotopic (exact) mass is 479 g/mol. The van der Waals surface area contributed by atoms with Gasteiger partial charge in [0, 0.05) is 58.3 Å². The molecule has 25 heavy (non-hydrogen) atoms. The maximum atomic E-state index is 4.75. The maximum absolute atomic E-state index is 4.75. The van der Waals surface area contributed by atoms with E-state index in [2.05, 4.69) is 58.0 Å². The number of nitrogens with zero attached hydrogens (tertiary/aromatic N) is 3. The van der Waals surface area contributed by atoms with E-state index in [0.717, 1.165) is 32.1 Å². The predicted molar refractivity (Wildman–Crippen MR) is 121 cm³/mol. The molecule has 0 aromatic carbocycles. The number of piperazine rings is 1. The Morgan fingerprint density at radius 3 is 2.52 bits per heavy atom. The van der Waals surface area contributed by atoms with Crippen molar-refractivity contribution in [3.05, 3.63) is 22.4 Å². The number of hydrogen-bond acceptors (Lipinski definition) is 4. The van der Waals surface area contributed by atoms with E-state index in [4.69, 9.17) is 4.99 Å². The highest BCUT2D eigenvalue weighted by Gasteiger charge is 2.14. The van der Waals surface area contributed by atoms with Crippen molar-refractivity contribution in [2.75, 3.05) is 58.9 Å². The Morgan fingerprint density at radius 1 is 1.20 bits per heavy atom. The van der Waals surface area contributed by atoms with Gasteiger partial charge >= 0.3 is 0 Å². The van der Waals surface area contributed by atoms with Gasteiger partial charge in [-0.2, -0.15) is 11.3 Å². The zero-order valence-corrected chi connectivity index (χ0v) is 19.0. The fraction of sp³-hybridized carbons (Fsp3) is 0.722. The topological polar surface area (TPSA) is 42.9 Å². The Labute approximate surface area is 174 Å². The van der Waals surface area contributed by atoms with Crippen LogP contribution >= 0.6 is 35.3 Å². The van der Waals surface area contributed by atoms with Gasteiger partial charge in [0.05, 0.1) is 0 Å². The molecule has 5 nitrogen and oxygen atoms in total. The fourth-order valence-corrected chi connectivity index (χ4v) is 3.67. The first-order valence-electron chi connectivity index (χ1n) is 9.21. The molecule has 0 spiro atoms. The number of rotatable bonds is 8. The number of likely N-dealkylation sites (N-methyl/N-ethyl adjacent to an activating group) is 1. The van der Waals surface area contributed by atoms with E-state index < -0.39 is 0 Å². The molecule has 1 fully saturated rings. The standard InChI is InChI=1S/C18H33N5S.HI/c1-4-19-18(21-14-16(3)17-6-13-24-15-17)20-7-8-23-11-9-22(5-2)10-12-23;/h6,13,15-16H,4-5,7-12,14H2,1-3H3,(H2,19,20,21);1H. The normalized spacial score (nSPS) is 17.8. The van der Waals surface area contributed by atoms with Gasteiger partial charge in [0.15, 0.2) is 5.96 Å². The van der Waals surface area contributed by atoms with Gasteiger partial charge in [0.2, 0.25) is 0 Å². The molecule has 1 unspecified atom stereocenters. The van der Waals surface area contributed by atoms with Crippen molar-refractivity contribution in [3.63, 3.8) is 0 Å². The summed E-state index contributed by atoms with van der Waals surface area (Å²) in [5.41, 5.74) is 1.38. The first-order chi connectivity index (χ1) is 11.7.